The molecule has 1 amide bonds. The molecule has 0 bridgehead atoms. The first-order valence-corrected chi connectivity index (χ1v) is 5.79. The van der Waals surface area contributed by atoms with Crippen molar-refractivity contribution < 1.29 is 18.7 Å². The number of halogens is 1. The van der Waals surface area contributed by atoms with Crippen LogP contribution in [0.2, 0.25) is 0 Å². The summed E-state index contributed by atoms with van der Waals surface area (Å²) in [7, 11) is 1.41. The Morgan fingerprint density at radius 1 is 1.50 bits per heavy atom. The van der Waals surface area contributed by atoms with E-state index in [1.807, 2.05) is 6.92 Å². The van der Waals surface area contributed by atoms with Crippen LogP contribution in [0.4, 0.5) is 4.39 Å². The van der Waals surface area contributed by atoms with Crippen LogP contribution in [0.25, 0.3) is 0 Å². The smallest absolute Gasteiger partial charge is 0.246 e. The van der Waals surface area contributed by atoms with Gasteiger partial charge in [-0.1, -0.05) is 6.07 Å². The number of carbonyl (C=O) groups excluding carboxylic acids is 1. The Balaban J connectivity index is 2.63. The molecule has 100 valence electrons. The summed E-state index contributed by atoms with van der Waals surface area (Å²) < 4.78 is 23.3. The molecule has 0 saturated carbocycles. The highest BCUT2D eigenvalue weighted by atomic mass is 19.1. The third kappa shape index (κ3) is 4.00. The molecule has 18 heavy (non-hydrogen) atoms. The predicted octanol–water partition coefficient (Wildman–Crippen LogP) is 2.05. The van der Waals surface area contributed by atoms with E-state index >= 15 is 0 Å². The maximum atomic E-state index is 13.5. The molecule has 1 unspecified atom stereocenters. The summed E-state index contributed by atoms with van der Waals surface area (Å²) in [6.07, 6.45) is 0. The van der Waals surface area contributed by atoms with Crippen LogP contribution in [0.15, 0.2) is 18.2 Å². The molecular weight excluding hydrogens is 237 g/mol. The molecule has 0 aliphatic carbocycles. The van der Waals surface area contributed by atoms with Crippen LogP contribution in [-0.2, 0) is 9.53 Å². The minimum Gasteiger partial charge on any atom is -0.494 e. The fourth-order valence-electron chi connectivity index (χ4n) is 1.51. The minimum atomic E-state index is -0.444. The SMILES string of the molecule is CCOCC(=O)NC(C)c1ccc(OC)c(F)c1. The highest BCUT2D eigenvalue weighted by Gasteiger charge is 2.12. The van der Waals surface area contributed by atoms with Crippen molar-refractivity contribution in [3.8, 4) is 5.75 Å². The zero-order valence-corrected chi connectivity index (χ0v) is 10.8. The summed E-state index contributed by atoms with van der Waals surface area (Å²) in [4.78, 5) is 11.4. The van der Waals surface area contributed by atoms with Crippen molar-refractivity contribution >= 4 is 5.91 Å². The van der Waals surface area contributed by atoms with Gasteiger partial charge in [0.1, 0.15) is 6.61 Å². The van der Waals surface area contributed by atoms with Gasteiger partial charge in [-0.2, -0.15) is 0 Å². The molecular formula is C13H18FNO3. The number of rotatable bonds is 6. The van der Waals surface area contributed by atoms with E-state index in [2.05, 4.69) is 5.32 Å². The molecule has 5 heteroatoms. The number of benzene rings is 1. The lowest BCUT2D eigenvalue weighted by Crippen LogP contribution is -2.30. The Morgan fingerprint density at radius 3 is 2.78 bits per heavy atom. The summed E-state index contributed by atoms with van der Waals surface area (Å²) in [5, 5.41) is 2.72. The van der Waals surface area contributed by atoms with Crippen molar-refractivity contribution in [2.24, 2.45) is 0 Å². The van der Waals surface area contributed by atoms with Gasteiger partial charge in [-0.25, -0.2) is 4.39 Å². The fraction of sp³-hybridized carbons (Fsp3) is 0.462. The molecule has 0 aliphatic rings. The number of methoxy groups -OCH3 is 1. The van der Waals surface area contributed by atoms with E-state index in [0.29, 0.717) is 12.2 Å². The Labute approximate surface area is 106 Å². The van der Waals surface area contributed by atoms with Crippen LogP contribution in [0.3, 0.4) is 0 Å². The van der Waals surface area contributed by atoms with Crippen molar-refractivity contribution in [2.45, 2.75) is 19.9 Å². The Morgan fingerprint density at radius 2 is 2.22 bits per heavy atom. The molecule has 0 aliphatic heterocycles. The Hall–Kier alpha value is -1.62. The topological polar surface area (TPSA) is 47.6 Å². The lowest BCUT2D eigenvalue weighted by Gasteiger charge is -2.15. The second-order valence-electron chi connectivity index (χ2n) is 3.82. The first-order valence-electron chi connectivity index (χ1n) is 5.79. The van der Waals surface area contributed by atoms with Crippen LogP contribution >= 0.6 is 0 Å². The number of hydrogen-bond acceptors (Lipinski definition) is 3. The van der Waals surface area contributed by atoms with Crippen molar-refractivity contribution in [1.29, 1.82) is 0 Å². The molecule has 1 N–H and O–H groups in total. The van der Waals surface area contributed by atoms with Gasteiger partial charge in [0.05, 0.1) is 13.2 Å². The molecule has 1 atom stereocenters. The average molecular weight is 255 g/mol. The number of hydrogen-bond donors (Lipinski definition) is 1. The summed E-state index contributed by atoms with van der Waals surface area (Å²) in [5.41, 5.74) is 0.679. The number of nitrogens with one attached hydrogen (secondary N) is 1. The van der Waals surface area contributed by atoms with Gasteiger partial charge in [0.25, 0.3) is 0 Å². The van der Waals surface area contributed by atoms with Crippen LogP contribution in [-0.4, -0.2) is 26.2 Å². The maximum Gasteiger partial charge on any atom is 0.246 e. The van der Waals surface area contributed by atoms with Crippen molar-refractivity contribution in [1.82, 2.24) is 5.32 Å². The van der Waals surface area contributed by atoms with Crippen LogP contribution in [0, 0.1) is 5.82 Å². The van der Waals surface area contributed by atoms with E-state index in [1.54, 1.807) is 13.0 Å². The molecule has 0 saturated heterocycles. The third-order valence-corrected chi connectivity index (χ3v) is 2.49. The van der Waals surface area contributed by atoms with E-state index in [1.165, 1.54) is 19.2 Å². The highest BCUT2D eigenvalue weighted by molar-refractivity contribution is 5.77. The van der Waals surface area contributed by atoms with Gasteiger partial charge in [0.2, 0.25) is 5.91 Å². The number of carbonyl (C=O) groups is 1. The summed E-state index contributed by atoms with van der Waals surface area (Å²) in [6.45, 7) is 4.10. The molecule has 1 rings (SSSR count). The lowest BCUT2D eigenvalue weighted by atomic mass is 10.1. The van der Waals surface area contributed by atoms with Crippen LogP contribution in [0.1, 0.15) is 25.5 Å². The second kappa shape index (κ2) is 6.96. The Kier molecular flexibility index (Phi) is 5.58. The first-order chi connectivity index (χ1) is 8.58. The molecule has 0 radical (unpaired) electrons. The predicted molar refractivity (Wildman–Crippen MR) is 66.0 cm³/mol. The maximum absolute atomic E-state index is 13.5. The van der Waals surface area contributed by atoms with Gasteiger partial charge < -0.3 is 14.8 Å². The van der Waals surface area contributed by atoms with Crippen molar-refractivity contribution in [3.63, 3.8) is 0 Å². The summed E-state index contributed by atoms with van der Waals surface area (Å²) in [6, 6.07) is 4.33. The van der Waals surface area contributed by atoms with Gasteiger partial charge in [0.15, 0.2) is 11.6 Å². The van der Waals surface area contributed by atoms with Gasteiger partial charge in [-0.05, 0) is 31.5 Å². The summed E-state index contributed by atoms with van der Waals surface area (Å²) >= 11 is 0. The number of ether oxygens (including phenoxy) is 2. The van der Waals surface area contributed by atoms with Gasteiger partial charge in [0, 0.05) is 6.61 Å². The zero-order valence-electron chi connectivity index (χ0n) is 10.8. The quantitative estimate of drug-likeness (QED) is 0.846. The first kappa shape index (κ1) is 14.4. The normalized spacial score (nSPS) is 12.0. The molecule has 1 aromatic carbocycles. The van der Waals surface area contributed by atoms with Gasteiger partial charge in [-0.15, -0.1) is 0 Å². The fourth-order valence-corrected chi connectivity index (χ4v) is 1.51. The van der Waals surface area contributed by atoms with Gasteiger partial charge >= 0.3 is 0 Å². The van der Waals surface area contributed by atoms with Crippen LogP contribution in [0.5, 0.6) is 5.75 Å². The molecule has 0 spiro atoms. The zero-order chi connectivity index (χ0) is 13.5. The van der Waals surface area contributed by atoms with Crippen molar-refractivity contribution in [3.05, 3.63) is 29.6 Å². The highest BCUT2D eigenvalue weighted by Crippen LogP contribution is 2.21. The largest absolute Gasteiger partial charge is 0.494 e. The van der Waals surface area contributed by atoms with E-state index in [0.717, 1.165) is 0 Å². The lowest BCUT2D eigenvalue weighted by molar-refractivity contribution is -0.126. The van der Waals surface area contributed by atoms with Crippen molar-refractivity contribution in [2.75, 3.05) is 20.3 Å². The standard InChI is InChI=1S/C13H18FNO3/c1-4-18-8-13(16)15-9(2)10-5-6-12(17-3)11(14)7-10/h5-7,9H,4,8H2,1-3H3,(H,15,16). The molecule has 0 heterocycles. The molecule has 4 nitrogen and oxygen atoms in total. The molecule has 0 aromatic heterocycles. The van der Waals surface area contributed by atoms with E-state index in [4.69, 9.17) is 9.47 Å². The van der Waals surface area contributed by atoms with E-state index in [-0.39, 0.29) is 24.3 Å². The monoisotopic (exact) mass is 255 g/mol. The van der Waals surface area contributed by atoms with Gasteiger partial charge in [-0.3, -0.25) is 4.79 Å². The van der Waals surface area contributed by atoms with Crippen LogP contribution < -0.4 is 10.1 Å². The minimum absolute atomic E-state index is 0.0134. The molecule has 0 fully saturated rings. The second-order valence-corrected chi connectivity index (χ2v) is 3.82. The Bertz CT molecular complexity index is 409. The van der Waals surface area contributed by atoms with E-state index < -0.39 is 5.82 Å². The van der Waals surface area contributed by atoms with E-state index in [9.17, 15) is 9.18 Å². The number of amides is 1. The third-order valence-electron chi connectivity index (χ3n) is 2.49. The molecule has 1 aromatic rings. The summed E-state index contributed by atoms with van der Waals surface area (Å²) in [5.74, 6) is -0.479. The average Bonchev–Trinajstić information content (AvgIpc) is 2.36.